The third-order valence-electron chi connectivity index (χ3n) is 4.10. The highest BCUT2D eigenvalue weighted by Gasteiger charge is 2.18. The van der Waals surface area contributed by atoms with Crippen LogP contribution >= 0.6 is 0 Å². The van der Waals surface area contributed by atoms with Gasteiger partial charge in [-0.2, -0.15) is 0 Å². The molecule has 7 nitrogen and oxygen atoms in total. The van der Waals surface area contributed by atoms with Crippen LogP contribution in [0.4, 0.5) is 17.1 Å². The molecule has 0 fully saturated rings. The van der Waals surface area contributed by atoms with Crippen molar-refractivity contribution < 1.29 is 14.1 Å². The number of para-hydroxylation sites is 2. The average Bonchev–Trinajstić information content (AvgIpc) is 3.13. The summed E-state index contributed by atoms with van der Waals surface area (Å²) in [5.41, 5.74) is 2.91. The molecule has 0 bridgehead atoms. The van der Waals surface area contributed by atoms with Crippen molar-refractivity contribution in [1.29, 1.82) is 0 Å². The van der Waals surface area contributed by atoms with E-state index in [4.69, 9.17) is 9.15 Å². The number of fused-ring (bicyclic) bond motifs is 1. The summed E-state index contributed by atoms with van der Waals surface area (Å²) in [5, 5.41) is 14.6. The molecule has 0 aliphatic heterocycles. The van der Waals surface area contributed by atoms with E-state index in [-0.39, 0.29) is 5.69 Å². The fourth-order valence-electron chi connectivity index (χ4n) is 2.75. The number of anilines is 2. The van der Waals surface area contributed by atoms with E-state index in [1.54, 1.807) is 49.6 Å². The maximum Gasteiger partial charge on any atom is 0.293 e. The number of aromatic nitrogens is 1. The number of nitrogens with zero attached hydrogens (tertiary/aromatic N) is 2. The van der Waals surface area contributed by atoms with Crippen molar-refractivity contribution in [2.75, 3.05) is 12.4 Å². The molecule has 7 heteroatoms. The SMILES string of the molecule is COc1ccc(Nc2ccc(-c3nc4ccccc4o3)cc2[N+](=O)[O-])cc1. The molecule has 0 spiro atoms. The van der Waals surface area contributed by atoms with Crippen molar-refractivity contribution in [1.82, 2.24) is 4.98 Å². The van der Waals surface area contributed by atoms with Crippen molar-refractivity contribution in [2.45, 2.75) is 0 Å². The zero-order chi connectivity index (χ0) is 18.8. The van der Waals surface area contributed by atoms with Crippen LogP contribution in [0.15, 0.2) is 71.1 Å². The van der Waals surface area contributed by atoms with Crippen LogP contribution in [-0.4, -0.2) is 17.0 Å². The first-order valence-corrected chi connectivity index (χ1v) is 8.19. The molecule has 0 aliphatic rings. The number of ether oxygens (including phenoxy) is 1. The lowest BCUT2D eigenvalue weighted by Gasteiger charge is -2.08. The number of nitro groups is 1. The smallest absolute Gasteiger partial charge is 0.293 e. The van der Waals surface area contributed by atoms with Crippen molar-refractivity contribution in [2.24, 2.45) is 0 Å². The average molecular weight is 361 g/mol. The molecule has 0 saturated heterocycles. The predicted molar refractivity (Wildman–Crippen MR) is 102 cm³/mol. The molecule has 0 amide bonds. The fourth-order valence-corrected chi connectivity index (χ4v) is 2.75. The predicted octanol–water partition coefficient (Wildman–Crippen LogP) is 5.16. The molecule has 134 valence electrons. The minimum atomic E-state index is -0.433. The molecular formula is C20H15N3O4. The largest absolute Gasteiger partial charge is 0.497 e. The van der Waals surface area contributed by atoms with E-state index >= 15 is 0 Å². The zero-order valence-electron chi connectivity index (χ0n) is 14.4. The first kappa shape index (κ1) is 16.6. The van der Waals surface area contributed by atoms with Crippen LogP contribution in [0.5, 0.6) is 5.75 Å². The van der Waals surface area contributed by atoms with Gasteiger partial charge >= 0.3 is 0 Å². The van der Waals surface area contributed by atoms with Crippen molar-refractivity contribution in [3.63, 3.8) is 0 Å². The molecule has 27 heavy (non-hydrogen) atoms. The van der Waals surface area contributed by atoms with Crippen LogP contribution < -0.4 is 10.1 Å². The van der Waals surface area contributed by atoms with Crippen molar-refractivity contribution in [3.05, 3.63) is 76.8 Å². The molecular weight excluding hydrogens is 346 g/mol. The van der Waals surface area contributed by atoms with Gasteiger partial charge in [-0.3, -0.25) is 10.1 Å². The molecule has 0 radical (unpaired) electrons. The second-order valence-electron chi connectivity index (χ2n) is 5.83. The number of methoxy groups -OCH3 is 1. The third kappa shape index (κ3) is 3.30. The highest BCUT2D eigenvalue weighted by Crippen LogP contribution is 2.33. The van der Waals surface area contributed by atoms with Gasteiger partial charge in [0.25, 0.3) is 5.69 Å². The number of hydrogen-bond donors (Lipinski definition) is 1. The van der Waals surface area contributed by atoms with Gasteiger partial charge < -0.3 is 14.5 Å². The van der Waals surface area contributed by atoms with Gasteiger partial charge in [-0.1, -0.05) is 12.1 Å². The van der Waals surface area contributed by atoms with Crippen molar-refractivity contribution in [3.8, 4) is 17.2 Å². The number of nitro benzene ring substituents is 1. The minimum absolute atomic E-state index is 0.0643. The summed E-state index contributed by atoms with van der Waals surface area (Å²) >= 11 is 0. The van der Waals surface area contributed by atoms with E-state index in [0.29, 0.717) is 39.7 Å². The van der Waals surface area contributed by atoms with Crippen LogP contribution in [-0.2, 0) is 0 Å². The van der Waals surface area contributed by atoms with Crippen LogP contribution in [0.3, 0.4) is 0 Å². The van der Waals surface area contributed by atoms with Gasteiger partial charge in [-0.05, 0) is 48.5 Å². The second kappa shape index (κ2) is 6.80. The van der Waals surface area contributed by atoms with Crippen LogP contribution in [0.2, 0.25) is 0 Å². The summed E-state index contributed by atoms with van der Waals surface area (Å²) < 4.78 is 10.8. The maximum absolute atomic E-state index is 11.6. The number of rotatable bonds is 5. The Kier molecular flexibility index (Phi) is 4.18. The van der Waals surface area contributed by atoms with Crippen LogP contribution in [0.1, 0.15) is 0 Å². The van der Waals surface area contributed by atoms with Gasteiger partial charge in [0.15, 0.2) is 5.58 Å². The molecule has 1 aromatic heterocycles. The quantitative estimate of drug-likeness (QED) is 0.390. The molecule has 1 N–H and O–H groups in total. The summed E-state index contributed by atoms with van der Waals surface area (Å²) in [5.74, 6) is 1.05. The van der Waals surface area contributed by atoms with E-state index in [1.165, 1.54) is 6.07 Å². The standard InChI is InChI=1S/C20H15N3O4/c1-26-15-9-7-14(8-10-15)21-16-11-6-13(12-18(16)23(24)25)20-22-17-4-2-3-5-19(17)27-20/h2-12,21H,1H3. The Morgan fingerprint density at radius 1 is 1.07 bits per heavy atom. The van der Waals surface area contributed by atoms with Gasteiger partial charge in [0.05, 0.1) is 12.0 Å². The number of hydrogen-bond acceptors (Lipinski definition) is 6. The van der Waals surface area contributed by atoms with Gasteiger partial charge in [-0.15, -0.1) is 0 Å². The fraction of sp³-hybridized carbons (Fsp3) is 0.0500. The lowest BCUT2D eigenvalue weighted by Crippen LogP contribution is -1.97. The molecule has 0 atom stereocenters. The van der Waals surface area contributed by atoms with Gasteiger partial charge in [-0.25, -0.2) is 4.98 Å². The molecule has 3 aromatic carbocycles. The lowest BCUT2D eigenvalue weighted by atomic mass is 10.1. The monoisotopic (exact) mass is 361 g/mol. The molecule has 4 aromatic rings. The Hall–Kier alpha value is -3.87. The van der Waals surface area contributed by atoms with E-state index < -0.39 is 4.92 Å². The lowest BCUT2D eigenvalue weighted by molar-refractivity contribution is -0.383. The molecule has 4 rings (SSSR count). The molecule has 0 saturated carbocycles. The minimum Gasteiger partial charge on any atom is -0.497 e. The van der Waals surface area contributed by atoms with Gasteiger partial charge in [0.2, 0.25) is 5.89 Å². The van der Waals surface area contributed by atoms with Gasteiger partial charge in [0.1, 0.15) is 17.0 Å². The third-order valence-corrected chi connectivity index (χ3v) is 4.10. The van der Waals surface area contributed by atoms with Crippen molar-refractivity contribution >= 4 is 28.2 Å². The maximum atomic E-state index is 11.6. The Morgan fingerprint density at radius 2 is 1.85 bits per heavy atom. The second-order valence-corrected chi connectivity index (χ2v) is 5.83. The molecule has 0 aliphatic carbocycles. The first-order chi connectivity index (χ1) is 13.1. The van der Waals surface area contributed by atoms with Gasteiger partial charge in [0, 0.05) is 17.3 Å². The Bertz CT molecular complexity index is 1090. The zero-order valence-corrected chi connectivity index (χ0v) is 14.4. The normalized spacial score (nSPS) is 10.7. The first-order valence-electron chi connectivity index (χ1n) is 8.19. The molecule has 0 unspecified atom stereocenters. The summed E-state index contributed by atoms with van der Waals surface area (Å²) in [7, 11) is 1.58. The highest BCUT2D eigenvalue weighted by molar-refractivity contribution is 5.79. The number of nitrogens with one attached hydrogen (secondary N) is 1. The summed E-state index contributed by atoms with van der Waals surface area (Å²) in [6, 6.07) is 19.3. The summed E-state index contributed by atoms with van der Waals surface area (Å²) in [6.45, 7) is 0. The Labute approximate surface area is 154 Å². The highest BCUT2D eigenvalue weighted by atomic mass is 16.6. The number of oxazole rings is 1. The Morgan fingerprint density at radius 3 is 2.56 bits per heavy atom. The summed E-state index contributed by atoms with van der Waals surface area (Å²) in [4.78, 5) is 15.5. The van der Waals surface area contributed by atoms with E-state index in [0.717, 1.165) is 0 Å². The van der Waals surface area contributed by atoms with E-state index in [2.05, 4.69) is 10.3 Å². The van der Waals surface area contributed by atoms with E-state index in [9.17, 15) is 10.1 Å². The van der Waals surface area contributed by atoms with Crippen LogP contribution in [0.25, 0.3) is 22.6 Å². The van der Waals surface area contributed by atoms with E-state index in [1.807, 2.05) is 18.2 Å². The Balaban J connectivity index is 1.69. The summed E-state index contributed by atoms with van der Waals surface area (Å²) in [6.07, 6.45) is 0. The topological polar surface area (TPSA) is 90.4 Å². The number of benzene rings is 3. The molecule has 1 heterocycles. The van der Waals surface area contributed by atoms with Crippen LogP contribution in [0, 0.1) is 10.1 Å².